The molecule has 3 heterocycles. The lowest BCUT2D eigenvalue weighted by Gasteiger charge is -2.42. The molecule has 2 aromatic rings. The average Bonchev–Trinajstić information content (AvgIpc) is 3.49. The Balaban J connectivity index is 1.48. The number of fused-ring (bicyclic) bond motifs is 2. The molecule has 0 unspecified atom stereocenters. The third kappa shape index (κ3) is 4.13. The quantitative estimate of drug-likeness (QED) is 0.678. The van der Waals surface area contributed by atoms with Crippen molar-refractivity contribution in [1.82, 2.24) is 15.1 Å². The first-order valence-electron chi connectivity index (χ1n) is 12.4. The zero-order valence-electron chi connectivity index (χ0n) is 20.0. The smallest absolute Gasteiger partial charge is 0.254 e. The maximum Gasteiger partial charge on any atom is 0.254 e. The molecular formula is C27H33N3O4. The fourth-order valence-corrected chi connectivity index (χ4v) is 5.65. The molecule has 1 N–H and O–H groups in total. The topological polar surface area (TPSA) is 71.1 Å². The number of likely N-dealkylation sites (tertiary alicyclic amines) is 1. The van der Waals surface area contributed by atoms with Crippen molar-refractivity contribution in [3.05, 3.63) is 59.2 Å². The molecule has 2 amide bonds. The fourth-order valence-electron chi connectivity index (χ4n) is 5.65. The van der Waals surface area contributed by atoms with E-state index in [4.69, 9.17) is 9.47 Å². The number of ether oxygens (including phenoxy) is 2. The molecule has 0 spiro atoms. The van der Waals surface area contributed by atoms with Gasteiger partial charge in [-0.25, -0.2) is 0 Å². The predicted molar refractivity (Wildman–Crippen MR) is 129 cm³/mol. The van der Waals surface area contributed by atoms with E-state index < -0.39 is 12.0 Å². The summed E-state index contributed by atoms with van der Waals surface area (Å²) < 4.78 is 11.1. The molecule has 180 valence electrons. The van der Waals surface area contributed by atoms with Crippen LogP contribution in [0.15, 0.2) is 42.5 Å². The Morgan fingerprint density at radius 1 is 1.15 bits per heavy atom. The first kappa shape index (κ1) is 22.7. The zero-order valence-corrected chi connectivity index (χ0v) is 20.0. The summed E-state index contributed by atoms with van der Waals surface area (Å²) in [6, 6.07) is 13.4. The molecule has 0 saturated carbocycles. The van der Waals surface area contributed by atoms with Crippen molar-refractivity contribution >= 4 is 11.8 Å². The molecule has 0 bridgehead atoms. The monoisotopic (exact) mass is 463 g/mol. The highest BCUT2D eigenvalue weighted by Crippen LogP contribution is 2.45. The van der Waals surface area contributed by atoms with E-state index in [1.807, 2.05) is 47.4 Å². The average molecular weight is 464 g/mol. The third-order valence-electron chi connectivity index (χ3n) is 7.37. The highest BCUT2D eigenvalue weighted by Gasteiger charge is 2.44. The number of hydrogen-bond donors (Lipinski definition) is 1. The normalized spacial score (nSPS) is 23.8. The van der Waals surface area contributed by atoms with Crippen molar-refractivity contribution < 1.29 is 19.1 Å². The van der Waals surface area contributed by atoms with Crippen LogP contribution in [0.25, 0.3) is 0 Å². The second-order valence-electron chi connectivity index (χ2n) is 9.48. The van der Waals surface area contributed by atoms with Gasteiger partial charge >= 0.3 is 0 Å². The molecule has 1 saturated heterocycles. The number of rotatable bonds is 7. The molecule has 7 nitrogen and oxygen atoms in total. The minimum atomic E-state index is -0.498. The molecule has 3 aliphatic rings. The van der Waals surface area contributed by atoms with E-state index in [0.29, 0.717) is 36.2 Å². The molecule has 0 radical (unpaired) electrons. The van der Waals surface area contributed by atoms with Crippen LogP contribution in [0, 0.1) is 0 Å². The summed E-state index contributed by atoms with van der Waals surface area (Å²) in [6.07, 6.45) is 4.13. The van der Waals surface area contributed by atoms with Crippen LogP contribution in [-0.2, 0) is 4.79 Å². The number of nitrogens with one attached hydrogen (secondary N) is 1. The minimum Gasteiger partial charge on any atom is -0.454 e. The van der Waals surface area contributed by atoms with Crippen molar-refractivity contribution in [2.45, 2.75) is 50.6 Å². The summed E-state index contributed by atoms with van der Waals surface area (Å²) in [7, 11) is 2.15. The van der Waals surface area contributed by atoms with E-state index in [9.17, 15) is 9.59 Å². The van der Waals surface area contributed by atoms with Crippen molar-refractivity contribution in [1.29, 1.82) is 0 Å². The van der Waals surface area contributed by atoms with E-state index in [-0.39, 0.29) is 18.6 Å². The molecule has 7 heteroatoms. The van der Waals surface area contributed by atoms with E-state index >= 15 is 0 Å². The second kappa shape index (κ2) is 9.66. The minimum absolute atomic E-state index is 0.0308. The lowest BCUT2D eigenvalue weighted by atomic mass is 9.79. The maximum atomic E-state index is 13.8. The molecule has 2 aromatic carbocycles. The number of carbonyl (C=O) groups is 2. The lowest BCUT2D eigenvalue weighted by Crippen LogP contribution is -2.48. The number of amides is 2. The van der Waals surface area contributed by atoms with E-state index in [1.54, 1.807) is 0 Å². The largest absolute Gasteiger partial charge is 0.454 e. The van der Waals surface area contributed by atoms with Gasteiger partial charge in [-0.15, -0.1) is 0 Å². The van der Waals surface area contributed by atoms with Crippen molar-refractivity contribution in [2.75, 3.05) is 33.5 Å². The van der Waals surface area contributed by atoms with Crippen LogP contribution in [0.2, 0.25) is 0 Å². The number of nitrogens with zero attached hydrogens (tertiary/aromatic N) is 2. The van der Waals surface area contributed by atoms with Crippen LogP contribution in [-0.4, -0.2) is 61.1 Å². The lowest BCUT2D eigenvalue weighted by molar-refractivity contribution is -0.124. The second-order valence-corrected chi connectivity index (χ2v) is 9.48. The van der Waals surface area contributed by atoms with Crippen molar-refractivity contribution in [3.8, 4) is 11.5 Å². The van der Waals surface area contributed by atoms with Gasteiger partial charge in [0.1, 0.15) is 0 Å². The summed E-state index contributed by atoms with van der Waals surface area (Å²) in [5, 5.41) is 3.21. The van der Waals surface area contributed by atoms with Gasteiger partial charge in [0.2, 0.25) is 12.7 Å². The standard InChI is InChI=1S/C27H33N3O4/c1-3-14-30-25(18-10-11-22-23(16-18)34-17-33-22)24(20-8-4-5-9-21(20)27(30)32)26(31)28-13-12-19-7-6-15-29(19)2/h4-5,8-11,16,19,24-25H,3,6-7,12-15,17H2,1-2H3,(H,28,31)/t19-,24+,25+/m1/s1. The van der Waals surface area contributed by atoms with E-state index in [1.165, 1.54) is 12.8 Å². The maximum absolute atomic E-state index is 13.8. The first-order valence-corrected chi connectivity index (χ1v) is 12.4. The van der Waals surface area contributed by atoms with Gasteiger partial charge in [0.25, 0.3) is 5.91 Å². The van der Waals surface area contributed by atoms with Crippen LogP contribution in [0.4, 0.5) is 0 Å². The predicted octanol–water partition coefficient (Wildman–Crippen LogP) is 3.71. The van der Waals surface area contributed by atoms with Crippen LogP contribution >= 0.6 is 0 Å². The van der Waals surface area contributed by atoms with Gasteiger partial charge in [-0.2, -0.15) is 0 Å². The summed E-state index contributed by atoms with van der Waals surface area (Å²) in [4.78, 5) is 31.6. The Morgan fingerprint density at radius 3 is 2.76 bits per heavy atom. The number of hydrogen-bond acceptors (Lipinski definition) is 5. The van der Waals surface area contributed by atoms with Crippen LogP contribution < -0.4 is 14.8 Å². The van der Waals surface area contributed by atoms with E-state index in [0.717, 1.165) is 30.5 Å². The number of carbonyl (C=O) groups excluding carboxylic acids is 2. The van der Waals surface area contributed by atoms with Gasteiger partial charge in [0, 0.05) is 24.7 Å². The molecule has 3 aliphatic heterocycles. The summed E-state index contributed by atoms with van der Waals surface area (Å²) in [5.41, 5.74) is 2.29. The third-order valence-corrected chi connectivity index (χ3v) is 7.37. The molecule has 0 aromatic heterocycles. The zero-order chi connectivity index (χ0) is 23.7. The highest BCUT2D eigenvalue weighted by atomic mass is 16.7. The molecule has 0 aliphatic carbocycles. The molecule has 5 rings (SSSR count). The first-order chi connectivity index (χ1) is 16.6. The van der Waals surface area contributed by atoms with Crippen molar-refractivity contribution in [2.24, 2.45) is 0 Å². The Bertz CT molecular complexity index is 1070. The van der Waals surface area contributed by atoms with Crippen LogP contribution in [0.3, 0.4) is 0 Å². The summed E-state index contributed by atoms with van der Waals surface area (Å²) >= 11 is 0. The molecular weight excluding hydrogens is 430 g/mol. The molecule has 34 heavy (non-hydrogen) atoms. The van der Waals surface area contributed by atoms with E-state index in [2.05, 4.69) is 24.2 Å². The molecule has 3 atom stereocenters. The van der Waals surface area contributed by atoms with Crippen molar-refractivity contribution in [3.63, 3.8) is 0 Å². The van der Waals surface area contributed by atoms with Gasteiger partial charge in [-0.05, 0) is 68.6 Å². The van der Waals surface area contributed by atoms with Gasteiger partial charge in [0.05, 0.1) is 12.0 Å². The SMILES string of the molecule is CCCN1C(=O)c2ccccc2[C@H](C(=O)NCC[C@H]2CCCN2C)[C@@H]1c1ccc2c(c1)OCO2. The van der Waals surface area contributed by atoms with Crippen LogP contribution in [0.1, 0.15) is 66.1 Å². The Labute approximate surface area is 201 Å². The molecule has 1 fully saturated rings. The Kier molecular flexibility index (Phi) is 6.46. The number of benzene rings is 2. The highest BCUT2D eigenvalue weighted by molar-refractivity contribution is 6.01. The Morgan fingerprint density at radius 2 is 1.97 bits per heavy atom. The fraction of sp³-hybridized carbons (Fsp3) is 0.481. The van der Waals surface area contributed by atoms with Gasteiger partial charge in [0.15, 0.2) is 11.5 Å². The van der Waals surface area contributed by atoms with Crippen LogP contribution in [0.5, 0.6) is 11.5 Å². The summed E-state index contributed by atoms with van der Waals surface area (Å²) in [6.45, 7) is 4.56. The van der Waals surface area contributed by atoms with Gasteiger partial charge in [-0.1, -0.05) is 31.2 Å². The summed E-state index contributed by atoms with van der Waals surface area (Å²) in [5.74, 6) is 0.780. The van der Waals surface area contributed by atoms with Gasteiger partial charge < -0.3 is 24.6 Å². The van der Waals surface area contributed by atoms with Gasteiger partial charge in [-0.3, -0.25) is 9.59 Å². The Hall–Kier alpha value is -3.06.